The van der Waals surface area contributed by atoms with E-state index < -0.39 is 10.0 Å². The first-order valence-corrected chi connectivity index (χ1v) is 8.94. The van der Waals surface area contributed by atoms with Crippen molar-refractivity contribution in [2.75, 3.05) is 11.3 Å². The van der Waals surface area contributed by atoms with Gasteiger partial charge in [-0.3, -0.25) is 4.72 Å². The van der Waals surface area contributed by atoms with Gasteiger partial charge in [-0.05, 0) is 47.4 Å². The molecule has 0 saturated carbocycles. The average Bonchev–Trinajstić information content (AvgIpc) is 2.53. The van der Waals surface area contributed by atoms with E-state index in [0.717, 1.165) is 5.56 Å². The van der Waals surface area contributed by atoms with E-state index in [1.807, 2.05) is 18.2 Å². The molecule has 0 saturated heterocycles. The lowest BCUT2D eigenvalue weighted by atomic mass is 9.87. The SMILES string of the molecule is CC(C)(C)c1ccc(S(=O)(=O)Nc2ccc(OCC#N)cc2)cc1. The van der Waals surface area contributed by atoms with Gasteiger partial charge in [0.25, 0.3) is 10.0 Å². The van der Waals surface area contributed by atoms with Crippen molar-refractivity contribution >= 4 is 15.7 Å². The zero-order chi connectivity index (χ0) is 17.8. The van der Waals surface area contributed by atoms with Crippen LogP contribution in [0, 0.1) is 11.3 Å². The highest BCUT2D eigenvalue weighted by Gasteiger charge is 2.17. The Bertz CT molecular complexity index is 828. The first-order chi connectivity index (χ1) is 11.2. The molecule has 126 valence electrons. The van der Waals surface area contributed by atoms with Crippen LogP contribution in [0.4, 0.5) is 5.69 Å². The molecule has 0 amide bonds. The minimum Gasteiger partial charge on any atom is -0.479 e. The first-order valence-electron chi connectivity index (χ1n) is 7.45. The summed E-state index contributed by atoms with van der Waals surface area (Å²) in [6, 6.07) is 15.1. The summed E-state index contributed by atoms with van der Waals surface area (Å²) in [7, 11) is -3.65. The van der Waals surface area contributed by atoms with Crippen LogP contribution in [0.2, 0.25) is 0 Å². The molecular weight excluding hydrogens is 324 g/mol. The maximum atomic E-state index is 12.4. The summed E-state index contributed by atoms with van der Waals surface area (Å²) in [6.07, 6.45) is 0. The van der Waals surface area contributed by atoms with Crippen LogP contribution in [0.3, 0.4) is 0 Å². The Morgan fingerprint density at radius 3 is 2.12 bits per heavy atom. The quantitative estimate of drug-likeness (QED) is 0.897. The van der Waals surface area contributed by atoms with Crippen molar-refractivity contribution in [1.82, 2.24) is 0 Å². The lowest BCUT2D eigenvalue weighted by molar-refractivity contribution is 0.368. The van der Waals surface area contributed by atoms with Crippen LogP contribution < -0.4 is 9.46 Å². The summed E-state index contributed by atoms with van der Waals surface area (Å²) in [5.74, 6) is 0.508. The van der Waals surface area contributed by atoms with Crippen LogP contribution in [0.25, 0.3) is 0 Å². The molecule has 0 fully saturated rings. The van der Waals surface area contributed by atoms with Crippen LogP contribution in [0.1, 0.15) is 26.3 Å². The minimum atomic E-state index is -3.65. The Balaban J connectivity index is 2.15. The number of nitrogens with zero attached hydrogens (tertiary/aromatic N) is 1. The van der Waals surface area contributed by atoms with Crippen LogP contribution in [0.15, 0.2) is 53.4 Å². The Kier molecular flexibility index (Phi) is 5.15. The van der Waals surface area contributed by atoms with E-state index in [-0.39, 0.29) is 16.9 Å². The summed E-state index contributed by atoms with van der Waals surface area (Å²) in [6.45, 7) is 6.17. The fourth-order valence-corrected chi connectivity index (χ4v) is 3.14. The highest BCUT2D eigenvalue weighted by atomic mass is 32.2. The lowest BCUT2D eigenvalue weighted by Crippen LogP contribution is -2.14. The average molecular weight is 344 g/mol. The topological polar surface area (TPSA) is 79.2 Å². The second kappa shape index (κ2) is 6.93. The second-order valence-corrected chi connectivity index (χ2v) is 8.03. The molecule has 0 aromatic heterocycles. The lowest BCUT2D eigenvalue weighted by Gasteiger charge is -2.19. The number of rotatable bonds is 5. The number of sulfonamides is 1. The highest BCUT2D eigenvalue weighted by Crippen LogP contribution is 2.24. The number of hydrogen-bond acceptors (Lipinski definition) is 4. The number of hydrogen-bond donors (Lipinski definition) is 1. The van der Waals surface area contributed by atoms with Gasteiger partial charge in [-0.15, -0.1) is 0 Å². The van der Waals surface area contributed by atoms with Crippen molar-refractivity contribution in [1.29, 1.82) is 5.26 Å². The van der Waals surface area contributed by atoms with E-state index in [1.165, 1.54) is 0 Å². The molecule has 0 aliphatic rings. The Hall–Kier alpha value is -2.52. The van der Waals surface area contributed by atoms with Gasteiger partial charge in [0.2, 0.25) is 0 Å². The number of ether oxygens (including phenoxy) is 1. The van der Waals surface area contributed by atoms with E-state index in [9.17, 15) is 8.42 Å². The molecule has 5 nitrogen and oxygen atoms in total. The molecule has 2 rings (SSSR count). The van der Waals surface area contributed by atoms with Crippen LogP contribution in [-0.2, 0) is 15.4 Å². The minimum absolute atomic E-state index is 0.0328. The van der Waals surface area contributed by atoms with Crippen LogP contribution in [-0.4, -0.2) is 15.0 Å². The third-order valence-electron chi connectivity index (χ3n) is 3.44. The van der Waals surface area contributed by atoms with Gasteiger partial charge in [0.15, 0.2) is 6.61 Å². The van der Waals surface area contributed by atoms with Crippen LogP contribution >= 0.6 is 0 Å². The number of benzene rings is 2. The molecule has 0 heterocycles. The fourth-order valence-electron chi connectivity index (χ4n) is 2.08. The standard InChI is InChI=1S/C18H20N2O3S/c1-18(2,3)14-4-10-17(11-5-14)24(21,22)20-15-6-8-16(9-7-15)23-13-12-19/h4-11,20H,13H2,1-3H3. The molecule has 1 N–H and O–H groups in total. The molecule has 2 aromatic rings. The third kappa shape index (κ3) is 4.49. The Labute approximate surface area is 142 Å². The smallest absolute Gasteiger partial charge is 0.261 e. The van der Waals surface area contributed by atoms with Gasteiger partial charge in [-0.2, -0.15) is 5.26 Å². The maximum absolute atomic E-state index is 12.4. The zero-order valence-electron chi connectivity index (χ0n) is 13.9. The van der Waals surface area contributed by atoms with E-state index in [4.69, 9.17) is 10.00 Å². The first kappa shape index (κ1) is 17.8. The molecule has 2 aromatic carbocycles. The molecule has 0 aliphatic carbocycles. The fraction of sp³-hybridized carbons (Fsp3) is 0.278. The van der Waals surface area contributed by atoms with Crippen molar-refractivity contribution in [3.63, 3.8) is 0 Å². The summed E-state index contributed by atoms with van der Waals surface area (Å²) in [4.78, 5) is 0.209. The van der Waals surface area contributed by atoms with Gasteiger partial charge >= 0.3 is 0 Å². The van der Waals surface area contributed by atoms with Crippen molar-refractivity contribution < 1.29 is 13.2 Å². The molecule has 0 aliphatic heterocycles. The van der Waals surface area contributed by atoms with E-state index in [0.29, 0.717) is 11.4 Å². The number of nitrogens with one attached hydrogen (secondary N) is 1. The second-order valence-electron chi connectivity index (χ2n) is 6.35. The molecule has 0 atom stereocenters. The van der Waals surface area contributed by atoms with Crippen LogP contribution in [0.5, 0.6) is 5.75 Å². The van der Waals surface area contributed by atoms with Crippen molar-refractivity contribution in [2.24, 2.45) is 0 Å². The molecule has 6 heteroatoms. The third-order valence-corrected chi connectivity index (χ3v) is 4.84. The van der Waals surface area contributed by atoms with Gasteiger partial charge in [-0.1, -0.05) is 32.9 Å². The predicted molar refractivity (Wildman–Crippen MR) is 93.5 cm³/mol. The van der Waals surface area contributed by atoms with Gasteiger partial charge < -0.3 is 4.74 Å². The molecule has 24 heavy (non-hydrogen) atoms. The largest absolute Gasteiger partial charge is 0.479 e. The van der Waals surface area contributed by atoms with Crippen molar-refractivity contribution in [3.8, 4) is 11.8 Å². The van der Waals surface area contributed by atoms with Gasteiger partial charge in [0, 0.05) is 5.69 Å². The van der Waals surface area contributed by atoms with Gasteiger partial charge in [0.05, 0.1) is 4.90 Å². The molecule has 0 bridgehead atoms. The maximum Gasteiger partial charge on any atom is 0.261 e. The van der Waals surface area contributed by atoms with E-state index >= 15 is 0 Å². The summed E-state index contributed by atoms with van der Waals surface area (Å²) >= 11 is 0. The van der Waals surface area contributed by atoms with Crippen molar-refractivity contribution in [2.45, 2.75) is 31.1 Å². The van der Waals surface area contributed by atoms with E-state index in [1.54, 1.807) is 36.4 Å². The summed E-state index contributed by atoms with van der Waals surface area (Å²) < 4.78 is 32.5. The number of anilines is 1. The van der Waals surface area contributed by atoms with Gasteiger partial charge in [-0.25, -0.2) is 8.42 Å². The number of nitriles is 1. The van der Waals surface area contributed by atoms with Gasteiger partial charge in [0.1, 0.15) is 11.8 Å². The normalized spacial score (nSPS) is 11.6. The monoisotopic (exact) mass is 344 g/mol. The highest BCUT2D eigenvalue weighted by molar-refractivity contribution is 7.92. The summed E-state index contributed by atoms with van der Waals surface area (Å²) in [5.41, 5.74) is 1.47. The molecular formula is C18H20N2O3S. The Morgan fingerprint density at radius 2 is 1.62 bits per heavy atom. The van der Waals surface area contributed by atoms with Crippen molar-refractivity contribution in [3.05, 3.63) is 54.1 Å². The molecule has 0 unspecified atom stereocenters. The zero-order valence-corrected chi connectivity index (χ0v) is 14.7. The molecule has 0 spiro atoms. The summed E-state index contributed by atoms with van der Waals surface area (Å²) in [5, 5.41) is 8.46. The molecule has 0 radical (unpaired) electrons. The predicted octanol–water partition coefficient (Wildman–Crippen LogP) is 3.69. The van der Waals surface area contributed by atoms with E-state index in [2.05, 4.69) is 25.5 Å². The Morgan fingerprint density at radius 1 is 1.04 bits per heavy atom.